The van der Waals surface area contributed by atoms with Gasteiger partial charge in [0.25, 0.3) is 5.91 Å². The van der Waals surface area contributed by atoms with E-state index in [1.165, 1.54) is 0 Å². The van der Waals surface area contributed by atoms with Crippen LogP contribution in [0.25, 0.3) is 0 Å². The molecule has 1 spiro atoms. The normalized spacial score (nSPS) is 36.5. The number of hydrogen-bond acceptors (Lipinski definition) is 4. The van der Waals surface area contributed by atoms with Gasteiger partial charge in [0.1, 0.15) is 12.1 Å². The van der Waals surface area contributed by atoms with Crippen LogP contribution >= 0.6 is 0 Å². The van der Waals surface area contributed by atoms with E-state index in [0.29, 0.717) is 25.4 Å². The third kappa shape index (κ3) is 2.68. The van der Waals surface area contributed by atoms with Crippen molar-refractivity contribution in [3.63, 3.8) is 0 Å². The minimum Gasteiger partial charge on any atom is -0.338 e. The number of nitrogens with one attached hydrogen (secondary N) is 1. The van der Waals surface area contributed by atoms with E-state index in [-0.39, 0.29) is 30.3 Å². The quantitative estimate of drug-likeness (QED) is 0.741. The molecule has 7 nitrogen and oxygen atoms in total. The van der Waals surface area contributed by atoms with Gasteiger partial charge in [-0.1, -0.05) is 19.8 Å². The van der Waals surface area contributed by atoms with Gasteiger partial charge in [0.15, 0.2) is 0 Å². The molecule has 4 unspecified atom stereocenters. The van der Waals surface area contributed by atoms with E-state index in [9.17, 15) is 14.4 Å². The monoisotopic (exact) mass is 336 g/mol. The number of carbonyl (C=O) groups excluding carboxylic acids is 3. The molecule has 4 amide bonds. The molecule has 0 aromatic carbocycles. The van der Waals surface area contributed by atoms with Gasteiger partial charge in [-0.2, -0.15) is 0 Å². The van der Waals surface area contributed by atoms with Crippen LogP contribution < -0.4 is 11.1 Å². The molecule has 3 fully saturated rings. The Labute approximate surface area is 142 Å². The van der Waals surface area contributed by atoms with E-state index in [0.717, 1.165) is 30.6 Å². The fourth-order valence-electron chi connectivity index (χ4n) is 4.53. The smallest absolute Gasteiger partial charge is 0.325 e. The van der Waals surface area contributed by atoms with Crippen molar-refractivity contribution < 1.29 is 14.4 Å². The van der Waals surface area contributed by atoms with Crippen LogP contribution in [0.5, 0.6) is 0 Å². The van der Waals surface area contributed by atoms with Gasteiger partial charge < -0.3 is 16.0 Å². The van der Waals surface area contributed by atoms with Crippen molar-refractivity contribution in [2.45, 2.75) is 57.5 Å². The Kier molecular flexibility index (Phi) is 4.55. The molecule has 3 rings (SSSR count). The maximum Gasteiger partial charge on any atom is 0.325 e. The molecule has 3 N–H and O–H groups in total. The van der Waals surface area contributed by atoms with Crippen molar-refractivity contribution in [3.8, 4) is 0 Å². The molecule has 1 aliphatic carbocycles. The molecule has 4 atom stereocenters. The van der Waals surface area contributed by atoms with Crippen molar-refractivity contribution >= 4 is 17.8 Å². The number of hydrogen-bond donors (Lipinski definition) is 2. The number of imide groups is 1. The topological polar surface area (TPSA) is 95.7 Å². The molecular weight excluding hydrogens is 308 g/mol. The zero-order valence-electron chi connectivity index (χ0n) is 14.6. The molecule has 1 saturated carbocycles. The Bertz CT molecular complexity index is 552. The van der Waals surface area contributed by atoms with E-state index < -0.39 is 11.6 Å². The minimum absolute atomic E-state index is 0.106. The van der Waals surface area contributed by atoms with Crippen molar-refractivity contribution in [2.24, 2.45) is 17.6 Å². The lowest BCUT2D eigenvalue weighted by atomic mass is 9.73. The lowest BCUT2D eigenvalue weighted by Crippen LogP contribution is -2.54. The van der Waals surface area contributed by atoms with Crippen LogP contribution in [0.2, 0.25) is 0 Å². The third-order valence-corrected chi connectivity index (χ3v) is 6.11. The maximum absolute atomic E-state index is 12.9. The number of amides is 4. The largest absolute Gasteiger partial charge is 0.338 e. The van der Waals surface area contributed by atoms with E-state index in [4.69, 9.17) is 5.73 Å². The van der Waals surface area contributed by atoms with Crippen LogP contribution in [-0.4, -0.2) is 58.9 Å². The average molecular weight is 336 g/mol. The summed E-state index contributed by atoms with van der Waals surface area (Å²) in [6.45, 7) is 5.00. The van der Waals surface area contributed by atoms with E-state index in [1.807, 2.05) is 13.8 Å². The highest BCUT2D eigenvalue weighted by atomic mass is 16.2. The lowest BCUT2D eigenvalue weighted by molar-refractivity contribution is -0.140. The van der Waals surface area contributed by atoms with Crippen LogP contribution in [0.15, 0.2) is 0 Å². The molecule has 0 aromatic heterocycles. The van der Waals surface area contributed by atoms with Crippen molar-refractivity contribution in [1.29, 1.82) is 0 Å². The number of rotatable bonds is 3. The van der Waals surface area contributed by atoms with Crippen molar-refractivity contribution in [2.75, 3.05) is 19.6 Å². The Morgan fingerprint density at radius 2 is 2.08 bits per heavy atom. The average Bonchev–Trinajstić information content (AvgIpc) is 3.04. The zero-order chi connectivity index (χ0) is 17.5. The summed E-state index contributed by atoms with van der Waals surface area (Å²) in [5, 5.41) is 2.89. The van der Waals surface area contributed by atoms with Crippen LogP contribution in [0, 0.1) is 11.8 Å². The van der Waals surface area contributed by atoms with Crippen LogP contribution in [0.1, 0.15) is 46.0 Å². The summed E-state index contributed by atoms with van der Waals surface area (Å²) >= 11 is 0. The highest BCUT2D eigenvalue weighted by molar-refractivity contribution is 6.09. The molecule has 0 radical (unpaired) electrons. The van der Waals surface area contributed by atoms with Crippen molar-refractivity contribution in [1.82, 2.24) is 15.1 Å². The summed E-state index contributed by atoms with van der Waals surface area (Å²) in [6, 6.07) is -0.321. The molecule has 0 aromatic rings. The van der Waals surface area contributed by atoms with Gasteiger partial charge in [0, 0.05) is 12.6 Å². The fourth-order valence-corrected chi connectivity index (χ4v) is 4.53. The molecular formula is C17H28N4O3. The van der Waals surface area contributed by atoms with E-state index >= 15 is 0 Å². The van der Waals surface area contributed by atoms with Gasteiger partial charge in [-0.15, -0.1) is 0 Å². The van der Waals surface area contributed by atoms with E-state index in [1.54, 1.807) is 4.90 Å². The molecule has 0 bridgehead atoms. The lowest BCUT2D eigenvalue weighted by Gasteiger charge is -2.36. The van der Waals surface area contributed by atoms with Gasteiger partial charge in [0.05, 0.1) is 0 Å². The second-order valence-electron chi connectivity index (χ2n) is 7.67. The summed E-state index contributed by atoms with van der Waals surface area (Å²) in [5.41, 5.74) is 4.91. The second-order valence-corrected chi connectivity index (χ2v) is 7.67. The molecule has 134 valence electrons. The Hall–Kier alpha value is -1.63. The predicted octanol–water partition coefficient (Wildman–Crippen LogP) is 0.683. The molecule has 2 saturated heterocycles. The summed E-state index contributed by atoms with van der Waals surface area (Å²) in [7, 11) is 0. The highest BCUT2D eigenvalue weighted by Crippen LogP contribution is 2.38. The van der Waals surface area contributed by atoms with Gasteiger partial charge in [-0.25, -0.2) is 4.79 Å². The number of carbonyl (C=O) groups is 3. The molecule has 24 heavy (non-hydrogen) atoms. The first-order valence-electron chi connectivity index (χ1n) is 9.02. The van der Waals surface area contributed by atoms with Crippen molar-refractivity contribution in [3.05, 3.63) is 0 Å². The van der Waals surface area contributed by atoms with E-state index in [2.05, 4.69) is 5.32 Å². The van der Waals surface area contributed by atoms with Crippen LogP contribution in [0.4, 0.5) is 4.79 Å². The first-order valence-corrected chi connectivity index (χ1v) is 9.02. The molecule has 2 heterocycles. The molecule has 3 aliphatic rings. The second kappa shape index (κ2) is 6.35. The SMILES string of the molecule is CC1CC(CN)CN1C(=O)CN1C(=O)NC2(CCCCC2C)C1=O. The molecule has 2 aliphatic heterocycles. The highest BCUT2D eigenvalue weighted by Gasteiger charge is 2.55. The summed E-state index contributed by atoms with van der Waals surface area (Å²) in [6.07, 6.45) is 4.48. The Morgan fingerprint density at radius 1 is 1.33 bits per heavy atom. The van der Waals surface area contributed by atoms with Gasteiger partial charge >= 0.3 is 6.03 Å². The first kappa shape index (κ1) is 17.2. The minimum atomic E-state index is -0.800. The first-order chi connectivity index (χ1) is 11.4. The number of urea groups is 1. The molecule has 7 heteroatoms. The van der Waals surface area contributed by atoms with Gasteiger partial charge in [-0.05, 0) is 44.6 Å². The fraction of sp³-hybridized carbons (Fsp3) is 0.824. The summed E-state index contributed by atoms with van der Waals surface area (Å²) in [5.74, 6) is 0.0182. The van der Waals surface area contributed by atoms with Gasteiger partial charge in [-0.3, -0.25) is 14.5 Å². The predicted molar refractivity (Wildman–Crippen MR) is 88.9 cm³/mol. The standard InChI is InChI=1S/C17H28N4O3/c1-11-5-3-4-6-17(11)15(23)21(16(24)19-17)10-14(22)20-9-13(8-18)7-12(20)2/h11-13H,3-10,18H2,1-2H3,(H,19,24). The maximum atomic E-state index is 12.9. The Balaban J connectivity index is 1.70. The van der Waals surface area contributed by atoms with Gasteiger partial charge in [0.2, 0.25) is 5.91 Å². The third-order valence-electron chi connectivity index (χ3n) is 6.11. The number of nitrogens with zero attached hydrogens (tertiary/aromatic N) is 2. The Morgan fingerprint density at radius 3 is 2.71 bits per heavy atom. The number of nitrogens with two attached hydrogens (primary N) is 1. The summed E-state index contributed by atoms with van der Waals surface area (Å²) < 4.78 is 0. The van der Waals surface area contributed by atoms with Crippen LogP contribution in [0.3, 0.4) is 0 Å². The summed E-state index contributed by atoms with van der Waals surface area (Å²) in [4.78, 5) is 40.8. The van der Waals surface area contributed by atoms with Crippen LogP contribution in [-0.2, 0) is 9.59 Å². The number of likely N-dealkylation sites (tertiary alicyclic amines) is 1. The zero-order valence-corrected chi connectivity index (χ0v) is 14.6.